The third-order valence-corrected chi connectivity index (χ3v) is 6.46. The molecule has 8 nitrogen and oxygen atoms in total. The van der Waals surface area contributed by atoms with Crippen LogP contribution in [-0.2, 0) is 11.2 Å². The van der Waals surface area contributed by atoms with Gasteiger partial charge in [0.15, 0.2) is 17.3 Å². The van der Waals surface area contributed by atoms with Crippen molar-refractivity contribution < 1.29 is 23.8 Å². The van der Waals surface area contributed by atoms with E-state index in [1.807, 2.05) is 12.1 Å². The highest BCUT2D eigenvalue weighted by Crippen LogP contribution is 2.50. The minimum Gasteiger partial charge on any atom is -0.493 e. The average molecular weight is 503 g/mol. The third-order valence-electron chi connectivity index (χ3n) is 6.46. The van der Waals surface area contributed by atoms with Gasteiger partial charge >= 0.3 is 0 Å². The lowest BCUT2D eigenvalue weighted by atomic mass is 9.95. The lowest BCUT2D eigenvalue weighted by molar-refractivity contribution is -0.119. The fourth-order valence-electron chi connectivity index (χ4n) is 4.78. The molecule has 0 bridgehead atoms. The Kier molecular flexibility index (Phi) is 7.47. The molecule has 0 aromatic heterocycles. The molecule has 1 unspecified atom stereocenters. The molecule has 3 aromatic rings. The van der Waals surface area contributed by atoms with E-state index in [0.29, 0.717) is 52.6 Å². The van der Waals surface area contributed by atoms with E-state index < -0.39 is 6.04 Å². The fourth-order valence-corrected chi connectivity index (χ4v) is 4.78. The fraction of sp³-hybridized carbons (Fsp3) is 0.276. The summed E-state index contributed by atoms with van der Waals surface area (Å²) in [6.45, 7) is 2.95. The Morgan fingerprint density at radius 1 is 0.919 bits per heavy atom. The second-order valence-electron chi connectivity index (χ2n) is 8.86. The smallest absolute Gasteiger partial charge is 0.217 e. The number of nitrogens with one attached hydrogen (secondary N) is 2. The predicted octanol–water partition coefficient (Wildman–Crippen LogP) is 4.81. The minimum atomic E-state index is -0.393. The van der Waals surface area contributed by atoms with Gasteiger partial charge in [0.1, 0.15) is 0 Å². The van der Waals surface area contributed by atoms with Gasteiger partial charge in [0.05, 0.1) is 33.1 Å². The molecule has 1 aliphatic carbocycles. The van der Waals surface area contributed by atoms with Gasteiger partial charge < -0.3 is 24.8 Å². The Morgan fingerprint density at radius 2 is 1.68 bits per heavy atom. The van der Waals surface area contributed by atoms with Gasteiger partial charge in [-0.25, -0.2) is 0 Å². The summed E-state index contributed by atoms with van der Waals surface area (Å²) in [6, 6.07) is 13.6. The van der Waals surface area contributed by atoms with E-state index in [1.54, 1.807) is 57.7 Å². The Labute approximate surface area is 215 Å². The maximum absolute atomic E-state index is 13.4. The maximum atomic E-state index is 13.4. The number of hydrogen-bond acceptors (Lipinski definition) is 7. The molecule has 2 N–H and O–H groups in total. The zero-order chi connectivity index (χ0) is 26.7. The second kappa shape index (κ2) is 10.7. The lowest BCUT2D eigenvalue weighted by Crippen LogP contribution is -2.26. The van der Waals surface area contributed by atoms with E-state index >= 15 is 0 Å². The molecule has 0 saturated carbocycles. The van der Waals surface area contributed by atoms with Crippen LogP contribution in [0, 0.1) is 0 Å². The molecule has 3 aromatic carbocycles. The number of rotatable bonds is 7. The van der Waals surface area contributed by atoms with Crippen LogP contribution in [-0.4, -0.2) is 33.0 Å². The third kappa shape index (κ3) is 5.14. The Balaban J connectivity index is 1.95. The number of ketones is 1. The summed E-state index contributed by atoms with van der Waals surface area (Å²) >= 11 is 0. The number of amides is 1. The number of fused-ring (bicyclic) bond motifs is 3. The predicted molar refractivity (Wildman–Crippen MR) is 142 cm³/mol. The molecule has 1 atom stereocenters. The summed E-state index contributed by atoms with van der Waals surface area (Å²) in [4.78, 5) is 37.3. The SMILES string of the molecule is COc1cc2c(c(OC)c1OC)-c1ccc(Nc3cccc(C(C)=O)c3)c(=O)cc1C(NC(C)=O)CC2. The van der Waals surface area contributed by atoms with Crippen LogP contribution in [0.2, 0.25) is 0 Å². The van der Waals surface area contributed by atoms with Gasteiger partial charge in [-0.05, 0) is 66.8 Å². The molecular weight excluding hydrogens is 472 g/mol. The summed E-state index contributed by atoms with van der Waals surface area (Å²) in [7, 11) is 4.67. The van der Waals surface area contributed by atoms with Gasteiger partial charge in [-0.3, -0.25) is 14.4 Å². The van der Waals surface area contributed by atoms with Crippen molar-refractivity contribution >= 4 is 23.1 Å². The van der Waals surface area contributed by atoms with Crippen LogP contribution in [0.5, 0.6) is 17.2 Å². The molecule has 1 aliphatic rings. The average Bonchev–Trinajstić information content (AvgIpc) is 3.12. The van der Waals surface area contributed by atoms with Crippen LogP contribution in [0.15, 0.2) is 53.3 Å². The molecule has 8 heteroatoms. The minimum absolute atomic E-state index is 0.0671. The normalized spacial score (nSPS) is 13.9. The maximum Gasteiger partial charge on any atom is 0.217 e. The molecular formula is C29H30N2O6. The van der Waals surface area contributed by atoms with Gasteiger partial charge in [0, 0.05) is 23.7 Å². The van der Waals surface area contributed by atoms with Crippen molar-refractivity contribution in [3.63, 3.8) is 0 Å². The zero-order valence-electron chi connectivity index (χ0n) is 21.6. The van der Waals surface area contributed by atoms with Crippen LogP contribution in [0.4, 0.5) is 11.4 Å². The van der Waals surface area contributed by atoms with Crippen LogP contribution in [0.1, 0.15) is 47.8 Å². The largest absolute Gasteiger partial charge is 0.493 e. The first-order valence-electron chi connectivity index (χ1n) is 11.9. The van der Waals surface area contributed by atoms with Crippen molar-refractivity contribution in [2.24, 2.45) is 0 Å². The summed E-state index contributed by atoms with van der Waals surface area (Å²) in [5.74, 6) is 1.21. The van der Waals surface area contributed by atoms with Gasteiger partial charge in [-0.1, -0.05) is 18.2 Å². The second-order valence-corrected chi connectivity index (χ2v) is 8.86. The van der Waals surface area contributed by atoms with E-state index in [4.69, 9.17) is 14.2 Å². The quantitative estimate of drug-likeness (QED) is 0.447. The van der Waals surface area contributed by atoms with Crippen LogP contribution >= 0.6 is 0 Å². The van der Waals surface area contributed by atoms with E-state index in [-0.39, 0.29) is 17.1 Å². The van der Waals surface area contributed by atoms with Gasteiger partial charge in [-0.2, -0.15) is 0 Å². The molecule has 0 fully saturated rings. The number of ether oxygens (including phenoxy) is 3. The molecule has 192 valence electrons. The number of benzene rings is 2. The van der Waals surface area contributed by atoms with Crippen molar-refractivity contribution in [1.29, 1.82) is 0 Å². The number of Topliss-reactive ketones (excluding diaryl/α,β-unsaturated/α-hetero) is 1. The van der Waals surface area contributed by atoms with Gasteiger partial charge in [0.2, 0.25) is 17.1 Å². The monoisotopic (exact) mass is 502 g/mol. The molecule has 4 rings (SSSR count). The number of carbonyl (C=O) groups excluding carboxylic acids is 2. The van der Waals surface area contributed by atoms with Crippen molar-refractivity contribution in [2.45, 2.75) is 32.7 Å². The van der Waals surface area contributed by atoms with Crippen LogP contribution in [0.3, 0.4) is 0 Å². The van der Waals surface area contributed by atoms with Gasteiger partial charge in [0.25, 0.3) is 0 Å². The summed E-state index contributed by atoms with van der Waals surface area (Å²) in [5, 5.41) is 6.15. The number of methoxy groups -OCH3 is 3. The number of anilines is 2. The topological polar surface area (TPSA) is 103 Å². The molecule has 0 aliphatic heterocycles. The summed E-state index contributed by atoms with van der Waals surface area (Å²) in [6.07, 6.45) is 1.19. The molecule has 0 saturated heterocycles. The Bertz CT molecular complexity index is 1430. The molecule has 0 heterocycles. The highest BCUT2D eigenvalue weighted by molar-refractivity contribution is 5.95. The molecule has 0 spiro atoms. The summed E-state index contributed by atoms with van der Waals surface area (Å²) < 4.78 is 17.0. The first-order chi connectivity index (χ1) is 17.8. The first kappa shape index (κ1) is 25.8. The highest BCUT2D eigenvalue weighted by Gasteiger charge is 2.29. The van der Waals surface area contributed by atoms with Gasteiger partial charge in [-0.15, -0.1) is 0 Å². The van der Waals surface area contributed by atoms with Crippen LogP contribution < -0.4 is 30.3 Å². The van der Waals surface area contributed by atoms with Crippen molar-refractivity contribution in [3.8, 4) is 28.4 Å². The molecule has 0 radical (unpaired) electrons. The number of aryl methyl sites for hydroxylation is 1. The lowest BCUT2D eigenvalue weighted by Gasteiger charge is -2.19. The highest BCUT2D eigenvalue weighted by atomic mass is 16.5. The van der Waals surface area contributed by atoms with Crippen molar-refractivity contribution in [1.82, 2.24) is 5.32 Å². The number of hydrogen-bond donors (Lipinski definition) is 2. The standard InChI is InChI=1S/C29H30N2O6/c1-16(32)18-7-6-8-20(13-18)31-24-12-10-21-22(15-25(24)34)23(30-17(2)33)11-9-19-14-26(35-3)28(36-4)29(37-5)27(19)21/h6-8,10,12-15,23H,9,11H2,1-5H3,(H,30,33)(H,31,34). The van der Waals surface area contributed by atoms with Crippen molar-refractivity contribution in [2.75, 3.05) is 26.6 Å². The van der Waals surface area contributed by atoms with E-state index in [9.17, 15) is 14.4 Å². The van der Waals surface area contributed by atoms with E-state index in [1.165, 1.54) is 13.8 Å². The molecule has 37 heavy (non-hydrogen) atoms. The Morgan fingerprint density at radius 3 is 2.32 bits per heavy atom. The summed E-state index contributed by atoms with van der Waals surface area (Å²) in [5.41, 5.74) is 4.38. The Hall–Kier alpha value is -4.33. The molecule has 1 amide bonds. The van der Waals surface area contributed by atoms with Crippen LogP contribution in [0.25, 0.3) is 11.1 Å². The van der Waals surface area contributed by atoms with E-state index in [2.05, 4.69) is 10.6 Å². The number of carbonyl (C=O) groups is 2. The van der Waals surface area contributed by atoms with Crippen molar-refractivity contribution in [3.05, 3.63) is 75.4 Å². The first-order valence-corrected chi connectivity index (χ1v) is 11.9. The zero-order valence-corrected chi connectivity index (χ0v) is 21.6. The van der Waals surface area contributed by atoms with E-state index in [0.717, 1.165) is 16.7 Å².